The first-order chi connectivity index (χ1) is 14.8. The normalized spacial score (nSPS) is 11.4. The zero-order valence-corrected chi connectivity index (χ0v) is 19.0. The Labute approximate surface area is 184 Å². The number of rotatable bonds is 8. The Hall–Kier alpha value is -3.15. The van der Waals surface area contributed by atoms with Gasteiger partial charge >= 0.3 is 6.01 Å². The highest BCUT2D eigenvalue weighted by atomic mass is 16.5. The predicted octanol–water partition coefficient (Wildman–Crippen LogP) is 5.51. The van der Waals surface area contributed by atoms with Crippen LogP contribution in [0.3, 0.4) is 0 Å². The molecule has 1 heterocycles. The number of carbonyl (C=O) groups excluding carboxylic acids is 1. The molecule has 3 aromatic rings. The van der Waals surface area contributed by atoms with Crippen molar-refractivity contribution in [1.29, 1.82) is 0 Å². The molecule has 0 aliphatic rings. The third-order valence-electron chi connectivity index (χ3n) is 4.93. The van der Waals surface area contributed by atoms with Crippen molar-refractivity contribution in [1.82, 2.24) is 14.8 Å². The molecule has 0 saturated heterocycles. The van der Waals surface area contributed by atoms with Gasteiger partial charge in [-0.25, -0.2) is 0 Å². The van der Waals surface area contributed by atoms with E-state index in [0.29, 0.717) is 24.6 Å². The molecule has 164 valence electrons. The average molecular weight is 422 g/mol. The van der Waals surface area contributed by atoms with Gasteiger partial charge in [0, 0.05) is 11.1 Å². The van der Waals surface area contributed by atoms with E-state index in [1.807, 2.05) is 19.1 Å². The Balaban J connectivity index is 1.90. The Kier molecular flexibility index (Phi) is 7.10. The SMILES string of the molecule is CCCCOc1ccc(C(=O)n2nc(OCC)nc2-c2ccc(C(C)(C)C)cc2)cc1. The van der Waals surface area contributed by atoms with E-state index in [4.69, 9.17) is 9.47 Å². The van der Waals surface area contributed by atoms with Crippen molar-refractivity contribution in [3.63, 3.8) is 0 Å². The Morgan fingerprint density at radius 1 is 0.968 bits per heavy atom. The number of nitrogens with zero attached hydrogens (tertiary/aromatic N) is 3. The molecule has 0 radical (unpaired) electrons. The highest BCUT2D eigenvalue weighted by Gasteiger charge is 2.21. The summed E-state index contributed by atoms with van der Waals surface area (Å²) >= 11 is 0. The summed E-state index contributed by atoms with van der Waals surface area (Å²) in [5.74, 6) is 0.933. The van der Waals surface area contributed by atoms with E-state index >= 15 is 0 Å². The van der Waals surface area contributed by atoms with Crippen LogP contribution in [0.1, 0.15) is 63.4 Å². The fourth-order valence-electron chi connectivity index (χ4n) is 3.08. The second kappa shape index (κ2) is 9.77. The van der Waals surface area contributed by atoms with E-state index in [1.165, 1.54) is 10.2 Å². The van der Waals surface area contributed by atoms with E-state index in [0.717, 1.165) is 24.2 Å². The first kappa shape index (κ1) is 22.5. The number of unbranched alkanes of at least 4 members (excludes halogenated alkanes) is 1. The van der Waals surface area contributed by atoms with Crippen molar-refractivity contribution >= 4 is 5.91 Å². The Morgan fingerprint density at radius 3 is 2.23 bits per heavy atom. The second-order valence-electron chi connectivity index (χ2n) is 8.42. The van der Waals surface area contributed by atoms with Crippen LogP contribution in [0.15, 0.2) is 48.5 Å². The molecule has 31 heavy (non-hydrogen) atoms. The third-order valence-corrected chi connectivity index (χ3v) is 4.93. The van der Waals surface area contributed by atoms with Gasteiger partial charge in [-0.2, -0.15) is 9.67 Å². The average Bonchev–Trinajstić information content (AvgIpc) is 3.17. The van der Waals surface area contributed by atoms with Gasteiger partial charge in [-0.05, 0) is 48.6 Å². The summed E-state index contributed by atoms with van der Waals surface area (Å²) in [4.78, 5) is 17.7. The molecule has 0 saturated carbocycles. The van der Waals surface area contributed by atoms with E-state index in [-0.39, 0.29) is 17.3 Å². The van der Waals surface area contributed by atoms with Crippen molar-refractivity contribution in [3.8, 4) is 23.1 Å². The van der Waals surface area contributed by atoms with Gasteiger partial charge in [-0.15, -0.1) is 5.10 Å². The number of ether oxygens (including phenoxy) is 2. The second-order valence-corrected chi connectivity index (χ2v) is 8.42. The van der Waals surface area contributed by atoms with E-state index in [2.05, 4.69) is 49.9 Å². The van der Waals surface area contributed by atoms with Crippen molar-refractivity contribution < 1.29 is 14.3 Å². The maximum Gasteiger partial charge on any atom is 0.336 e. The molecule has 0 spiro atoms. The van der Waals surface area contributed by atoms with Crippen molar-refractivity contribution in [3.05, 3.63) is 59.7 Å². The minimum absolute atomic E-state index is 0.0411. The fraction of sp³-hybridized carbons (Fsp3) is 0.400. The Morgan fingerprint density at radius 2 is 1.65 bits per heavy atom. The third kappa shape index (κ3) is 5.51. The number of carbonyl (C=O) groups is 1. The quantitative estimate of drug-likeness (QED) is 0.449. The minimum atomic E-state index is -0.270. The monoisotopic (exact) mass is 421 g/mol. The lowest BCUT2D eigenvalue weighted by Crippen LogP contribution is -2.15. The Bertz CT molecular complexity index is 1000. The van der Waals surface area contributed by atoms with Crippen LogP contribution in [0.4, 0.5) is 0 Å². The smallest absolute Gasteiger partial charge is 0.336 e. The summed E-state index contributed by atoms with van der Waals surface area (Å²) in [6.07, 6.45) is 2.07. The van der Waals surface area contributed by atoms with Gasteiger partial charge in [0.1, 0.15) is 5.75 Å². The summed E-state index contributed by atoms with van der Waals surface area (Å²) in [6, 6.07) is 15.3. The number of benzene rings is 2. The lowest BCUT2D eigenvalue weighted by molar-refractivity contribution is 0.0945. The maximum absolute atomic E-state index is 13.2. The maximum atomic E-state index is 13.2. The van der Waals surface area contributed by atoms with Gasteiger partial charge in [-0.1, -0.05) is 58.4 Å². The molecule has 0 aliphatic carbocycles. The molecule has 0 bridgehead atoms. The van der Waals surface area contributed by atoms with Crippen LogP contribution in [-0.4, -0.2) is 33.9 Å². The zero-order chi connectivity index (χ0) is 22.4. The van der Waals surface area contributed by atoms with Gasteiger partial charge < -0.3 is 9.47 Å². The molecule has 1 aromatic heterocycles. The summed E-state index contributed by atoms with van der Waals surface area (Å²) < 4.78 is 12.5. The van der Waals surface area contributed by atoms with E-state index < -0.39 is 0 Å². The van der Waals surface area contributed by atoms with Crippen molar-refractivity contribution in [2.24, 2.45) is 0 Å². The predicted molar refractivity (Wildman–Crippen MR) is 122 cm³/mol. The molecule has 3 rings (SSSR count). The first-order valence-corrected chi connectivity index (χ1v) is 10.8. The van der Waals surface area contributed by atoms with E-state index in [1.54, 1.807) is 24.3 Å². The van der Waals surface area contributed by atoms with Gasteiger partial charge in [-0.3, -0.25) is 4.79 Å². The summed E-state index contributed by atoms with van der Waals surface area (Å²) in [7, 11) is 0. The number of hydrogen-bond donors (Lipinski definition) is 0. The molecule has 0 fully saturated rings. The van der Waals surface area contributed by atoms with Crippen LogP contribution < -0.4 is 9.47 Å². The molecule has 0 amide bonds. The van der Waals surface area contributed by atoms with Crippen LogP contribution >= 0.6 is 0 Å². The highest BCUT2D eigenvalue weighted by Crippen LogP contribution is 2.27. The number of hydrogen-bond acceptors (Lipinski definition) is 5. The minimum Gasteiger partial charge on any atom is -0.494 e. The molecule has 6 heteroatoms. The lowest BCUT2D eigenvalue weighted by Gasteiger charge is -2.19. The molecular formula is C25H31N3O3. The zero-order valence-electron chi connectivity index (χ0n) is 19.0. The number of aromatic nitrogens is 3. The standard InChI is InChI=1S/C25H31N3O3/c1-6-8-17-31-21-15-11-19(12-16-21)23(29)28-22(26-24(27-28)30-7-2)18-9-13-20(14-10-18)25(3,4)5/h9-16H,6-8,17H2,1-5H3. The summed E-state index contributed by atoms with van der Waals surface area (Å²) in [5.41, 5.74) is 2.56. The van der Waals surface area contributed by atoms with Gasteiger partial charge in [0.2, 0.25) is 0 Å². The molecule has 0 atom stereocenters. The first-order valence-electron chi connectivity index (χ1n) is 10.8. The molecule has 0 N–H and O–H groups in total. The van der Waals surface area contributed by atoms with Crippen LogP contribution in [0.5, 0.6) is 11.8 Å². The molecule has 0 aliphatic heterocycles. The lowest BCUT2D eigenvalue weighted by atomic mass is 9.87. The molecule has 6 nitrogen and oxygen atoms in total. The van der Waals surface area contributed by atoms with Crippen LogP contribution in [0.2, 0.25) is 0 Å². The van der Waals surface area contributed by atoms with Crippen molar-refractivity contribution in [2.45, 2.75) is 52.9 Å². The topological polar surface area (TPSA) is 66.2 Å². The largest absolute Gasteiger partial charge is 0.494 e. The van der Waals surface area contributed by atoms with Crippen molar-refractivity contribution in [2.75, 3.05) is 13.2 Å². The van der Waals surface area contributed by atoms with Gasteiger partial charge in [0.15, 0.2) is 5.82 Å². The van der Waals surface area contributed by atoms with Crippen LogP contribution in [0, 0.1) is 0 Å². The fourth-order valence-corrected chi connectivity index (χ4v) is 3.08. The van der Waals surface area contributed by atoms with Crippen LogP contribution in [-0.2, 0) is 5.41 Å². The molecule has 2 aromatic carbocycles. The summed E-state index contributed by atoms with van der Waals surface area (Å²) in [5, 5.41) is 4.31. The summed E-state index contributed by atoms with van der Waals surface area (Å²) in [6.45, 7) is 11.6. The molecular weight excluding hydrogens is 390 g/mol. The van der Waals surface area contributed by atoms with Gasteiger partial charge in [0.05, 0.1) is 13.2 Å². The highest BCUT2D eigenvalue weighted by molar-refractivity contribution is 5.97. The van der Waals surface area contributed by atoms with E-state index in [9.17, 15) is 4.79 Å². The molecule has 0 unspecified atom stereocenters. The van der Waals surface area contributed by atoms with Crippen LogP contribution in [0.25, 0.3) is 11.4 Å². The van der Waals surface area contributed by atoms with Gasteiger partial charge in [0.25, 0.3) is 5.91 Å².